The van der Waals surface area contributed by atoms with E-state index in [0.717, 1.165) is 15.7 Å². The summed E-state index contributed by atoms with van der Waals surface area (Å²) in [7, 11) is 0. The fraction of sp³-hybridized carbons (Fsp3) is 0.263. The van der Waals surface area contributed by atoms with Gasteiger partial charge in [-0.1, -0.05) is 46.3 Å². The number of hydrogen-bond acceptors (Lipinski definition) is 2. The van der Waals surface area contributed by atoms with Crippen molar-refractivity contribution in [3.05, 3.63) is 64.6 Å². The van der Waals surface area contributed by atoms with Crippen LogP contribution < -0.4 is 10.2 Å². The zero-order chi connectivity index (χ0) is 17.1. The summed E-state index contributed by atoms with van der Waals surface area (Å²) in [5, 5.41) is 3.01. The van der Waals surface area contributed by atoms with E-state index in [1.54, 1.807) is 4.90 Å². The smallest absolute Gasteiger partial charge is 0.227 e. The van der Waals surface area contributed by atoms with Gasteiger partial charge in [0.2, 0.25) is 11.8 Å². The molecule has 2 aromatic rings. The van der Waals surface area contributed by atoms with Crippen molar-refractivity contribution in [3.8, 4) is 0 Å². The standard InChI is InChI=1S/C19H19BrN2O2/c1-13(14-5-3-2-4-6-14)21-19(24)15-11-18(23)22(12-15)17-9-7-16(20)8-10-17/h2-10,13,15H,11-12H2,1H3,(H,21,24)/t13-,15+/m0/s1. The Morgan fingerprint density at radius 2 is 1.83 bits per heavy atom. The fourth-order valence-corrected chi connectivity index (χ4v) is 3.17. The number of anilines is 1. The van der Waals surface area contributed by atoms with Crippen LogP contribution in [0.4, 0.5) is 5.69 Å². The highest BCUT2D eigenvalue weighted by Crippen LogP contribution is 2.27. The lowest BCUT2D eigenvalue weighted by Crippen LogP contribution is -2.34. The quantitative estimate of drug-likeness (QED) is 0.870. The van der Waals surface area contributed by atoms with Crippen LogP contribution in [0.2, 0.25) is 0 Å². The lowest BCUT2D eigenvalue weighted by Gasteiger charge is -2.19. The van der Waals surface area contributed by atoms with Crippen molar-refractivity contribution in [3.63, 3.8) is 0 Å². The maximum atomic E-state index is 12.5. The Morgan fingerprint density at radius 3 is 2.50 bits per heavy atom. The van der Waals surface area contributed by atoms with E-state index in [4.69, 9.17) is 0 Å². The molecule has 0 aliphatic carbocycles. The van der Waals surface area contributed by atoms with Gasteiger partial charge in [0.25, 0.3) is 0 Å². The van der Waals surface area contributed by atoms with Crippen molar-refractivity contribution in [1.82, 2.24) is 5.32 Å². The number of rotatable bonds is 4. The zero-order valence-corrected chi connectivity index (χ0v) is 15.0. The number of amides is 2. The van der Waals surface area contributed by atoms with Crippen molar-refractivity contribution < 1.29 is 9.59 Å². The summed E-state index contributed by atoms with van der Waals surface area (Å²) in [6.45, 7) is 2.38. The second-order valence-corrected chi connectivity index (χ2v) is 6.94. The fourth-order valence-electron chi connectivity index (χ4n) is 2.91. The number of carbonyl (C=O) groups excluding carboxylic acids is 2. The molecule has 24 heavy (non-hydrogen) atoms. The van der Waals surface area contributed by atoms with Crippen LogP contribution in [0, 0.1) is 5.92 Å². The van der Waals surface area contributed by atoms with Crippen LogP contribution in [0.5, 0.6) is 0 Å². The molecule has 0 radical (unpaired) electrons. The molecule has 4 nitrogen and oxygen atoms in total. The zero-order valence-electron chi connectivity index (χ0n) is 13.4. The summed E-state index contributed by atoms with van der Waals surface area (Å²) >= 11 is 3.39. The van der Waals surface area contributed by atoms with Crippen LogP contribution in [-0.2, 0) is 9.59 Å². The molecule has 1 fully saturated rings. The summed E-state index contributed by atoms with van der Waals surface area (Å²) in [6, 6.07) is 17.3. The average Bonchev–Trinajstić information content (AvgIpc) is 2.98. The molecule has 1 aliphatic rings. The molecule has 5 heteroatoms. The molecule has 0 unspecified atom stereocenters. The first-order chi connectivity index (χ1) is 11.5. The third kappa shape index (κ3) is 3.67. The minimum absolute atomic E-state index is 0.00941. The van der Waals surface area contributed by atoms with E-state index in [-0.39, 0.29) is 30.2 Å². The first-order valence-corrected chi connectivity index (χ1v) is 8.75. The number of hydrogen-bond donors (Lipinski definition) is 1. The highest BCUT2D eigenvalue weighted by molar-refractivity contribution is 9.10. The van der Waals surface area contributed by atoms with Crippen LogP contribution >= 0.6 is 15.9 Å². The normalized spacial score (nSPS) is 18.5. The van der Waals surface area contributed by atoms with Gasteiger partial charge < -0.3 is 10.2 Å². The summed E-state index contributed by atoms with van der Waals surface area (Å²) in [5.41, 5.74) is 1.88. The monoisotopic (exact) mass is 386 g/mol. The van der Waals surface area contributed by atoms with Gasteiger partial charge in [-0.3, -0.25) is 9.59 Å². The number of benzene rings is 2. The largest absolute Gasteiger partial charge is 0.349 e. The number of carbonyl (C=O) groups is 2. The van der Waals surface area contributed by atoms with E-state index < -0.39 is 0 Å². The van der Waals surface area contributed by atoms with E-state index >= 15 is 0 Å². The van der Waals surface area contributed by atoms with Gasteiger partial charge in [0, 0.05) is 23.1 Å². The van der Waals surface area contributed by atoms with Gasteiger partial charge in [-0.2, -0.15) is 0 Å². The van der Waals surface area contributed by atoms with Gasteiger partial charge in [0.15, 0.2) is 0 Å². The predicted octanol–water partition coefficient (Wildman–Crippen LogP) is 3.68. The highest BCUT2D eigenvalue weighted by atomic mass is 79.9. The van der Waals surface area contributed by atoms with Crippen LogP contribution in [0.15, 0.2) is 59.1 Å². The molecule has 2 aromatic carbocycles. The number of nitrogens with one attached hydrogen (secondary N) is 1. The van der Waals surface area contributed by atoms with E-state index in [2.05, 4.69) is 21.2 Å². The SMILES string of the molecule is C[C@H](NC(=O)[C@@H]1CC(=O)N(c2ccc(Br)cc2)C1)c1ccccc1. The molecule has 124 valence electrons. The minimum Gasteiger partial charge on any atom is -0.349 e. The van der Waals surface area contributed by atoms with Crippen molar-refractivity contribution in [2.24, 2.45) is 5.92 Å². The molecular weight excluding hydrogens is 368 g/mol. The summed E-state index contributed by atoms with van der Waals surface area (Å²) in [4.78, 5) is 26.5. The van der Waals surface area contributed by atoms with Gasteiger partial charge >= 0.3 is 0 Å². The second kappa shape index (κ2) is 7.18. The summed E-state index contributed by atoms with van der Waals surface area (Å²) < 4.78 is 0.962. The van der Waals surface area contributed by atoms with Crippen molar-refractivity contribution in [2.45, 2.75) is 19.4 Å². The predicted molar refractivity (Wildman–Crippen MR) is 97.6 cm³/mol. The first kappa shape index (κ1) is 16.7. The molecule has 1 aliphatic heterocycles. The van der Waals surface area contributed by atoms with Gasteiger partial charge in [-0.15, -0.1) is 0 Å². The molecule has 1 saturated heterocycles. The van der Waals surface area contributed by atoms with Gasteiger partial charge in [0.05, 0.1) is 12.0 Å². The average molecular weight is 387 g/mol. The topological polar surface area (TPSA) is 49.4 Å². The molecule has 2 amide bonds. The lowest BCUT2D eigenvalue weighted by atomic mass is 10.1. The Bertz CT molecular complexity index is 731. The Kier molecular flexibility index (Phi) is 5.00. The number of halogens is 1. The third-order valence-corrected chi connectivity index (χ3v) is 4.82. The molecule has 0 spiro atoms. The molecule has 2 atom stereocenters. The van der Waals surface area contributed by atoms with Crippen LogP contribution in [0.1, 0.15) is 24.9 Å². The summed E-state index contributed by atoms with van der Waals surface area (Å²) in [5.74, 6) is -0.392. The van der Waals surface area contributed by atoms with Crippen molar-refractivity contribution >= 4 is 33.4 Å². The Hall–Kier alpha value is -2.14. The van der Waals surface area contributed by atoms with E-state index in [9.17, 15) is 9.59 Å². The van der Waals surface area contributed by atoms with Crippen LogP contribution in [0.3, 0.4) is 0 Å². The van der Waals surface area contributed by atoms with Crippen molar-refractivity contribution in [2.75, 3.05) is 11.4 Å². The van der Waals surface area contributed by atoms with Crippen LogP contribution in [0.25, 0.3) is 0 Å². The lowest BCUT2D eigenvalue weighted by molar-refractivity contribution is -0.126. The van der Waals surface area contributed by atoms with Crippen LogP contribution in [-0.4, -0.2) is 18.4 Å². The first-order valence-electron chi connectivity index (χ1n) is 7.96. The van der Waals surface area contributed by atoms with E-state index in [1.165, 1.54) is 0 Å². The Balaban J connectivity index is 1.64. The molecule has 0 saturated carbocycles. The van der Waals surface area contributed by atoms with Gasteiger partial charge in [0.1, 0.15) is 0 Å². The second-order valence-electron chi connectivity index (χ2n) is 6.02. The van der Waals surface area contributed by atoms with Gasteiger partial charge in [-0.05, 0) is 36.8 Å². The molecule has 0 aromatic heterocycles. The molecule has 1 heterocycles. The molecule has 1 N–H and O–H groups in total. The molecular formula is C19H19BrN2O2. The number of nitrogens with zero attached hydrogens (tertiary/aromatic N) is 1. The molecule has 0 bridgehead atoms. The minimum atomic E-state index is -0.313. The maximum absolute atomic E-state index is 12.5. The van der Waals surface area contributed by atoms with Crippen molar-refractivity contribution in [1.29, 1.82) is 0 Å². The highest BCUT2D eigenvalue weighted by Gasteiger charge is 2.35. The molecule has 3 rings (SSSR count). The Labute approximate surface area is 150 Å². The van der Waals surface area contributed by atoms with E-state index in [1.807, 2.05) is 61.5 Å². The van der Waals surface area contributed by atoms with Gasteiger partial charge in [-0.25, -0.2) is 0 Å². The summed E-state index contributed by atoms with van der Waals surface area (Å²) in [6.07, 6.45) is 0.253. The Morgan fingerprint density at radius 1 is 1.17 bits per heavy atom. The van der Waals surface area contributed by atoms with E-state index in [0.29, 0.717) is 6.54 Å². The maximum Gasteiger partial charge on any atom is 0.227 e. The third-order valence-electron chi connectivity index (χ3n) is 4.29.